The summed E-state index contributed by atoms with van der Waals surface area (Å²) in [5.41, 5.74) is 42.2. The number of aromatic nitrogens is 12. The Labute approximate surface area is 1060 Å². The summed E-state index contributed by atoms with van der Waals surface area (Å²) >= 11 is 9.47. The van der Waals surface area contributed by atoms with Gasteiger partial charge in [0.2, 0.25) is 11.9 Å². The summed E-state index contributed by atoms with van der Waals surface area (Å²) in [7, 11) is 0. The summed E-state index contributed by atoms with van der Waals surface area (Å²) in [5.74, 6) is 3.86. The number of thiazole rings is 6. The van der Waals surface area contributed by atoms with E-state index >= 15 is 0 Å². The monoisotopic (exact) mass is 2560 g/mol. The van der Waals surface area contributed by atoms with Crippen LogP contribution in [-0.4, -0.2) is 246 Å². The van der Waals surface area contributed by atoms with Crippen molar-refractivity contribution in [1.82, 2.24) is 89.2 Å². The van der Waals surface area contributed by atoms with Gasteiger partial charge in [0.15, 0.2) is 0 Å². The normalized spacial score (nSPS) is 16.6. The van der Waals surface area contributed by atoms with Crippen molar-refractivity contribution in [2.24, 2.45) is 0 Å². The molecular formula is C114H126N24S6Y6-6. The SMILES string of the molecule is Cc1ccc(N2CCN([C@@H](C)c3ccc4s[c-]nc4c3)CC2)cc1.Cc1ccc(N2CCN([C@@H](C)c3ccc4s[c-]nc4c3)CC2)nc1.Cc1ccc(N2CCN([C@H](C)c3ccc4s[c-]nc4c3)CC2)cc1.Cc1ccc(N2CCN([C@H](C)c3ccc4s[c-]nc4c3)CC2)nc1.Cc1cnc(N2CCN([C@@H](C)c3ccc4s[c-]nc4c3)CC2)nc1.Cc1cnc(N2CCN([C@H](C)c3ccc4s[c-]nc4c3)CC2)nc1.[Y].[Y].[Y].[Y].[Y].[Y]. The zero-order chi connectivity index (χ0) is 99.1. The van der Waals surface area contributed by atoms with Crippen LogP contribution in [0.5, 0.6) is 0 Å². The summed E-state index contributed by atoms with van der Waals surface area (Å²) < 4.78 is 7.26. The summed E-state index contributed by atoms with van der Waals surface area (Å²) in [6.07, 6.45) is 11.4. The maximum Gasteiger partial charge on any atom is 0.225 e. The molecule has 0 unspecified atom stereocenters. The average molecular weight is 2560 g/mol. The maximum atomic E-state index is 4.56. The molecule has 16 heterocycles. The first-order valence-corrected chi connectivity index (χ1v) is 55.2. The summed E-state index contributed by atoms with van der Waals surface area (Å²) in [4.78, 5) is 82.4. The van der Waals surface area contributed by atoms with E-state index in [0.29, 0.717) is 36.3 Å². The Hall–Kier alpha value is -5.26. The molecule has 0 bridgehead atoms. The van der Waals surface area contributed by atoms with Gasteiger partial charge in [-0.15, -0.1) is 64.6 Å². The number of aryl methyl sites for hydroxylation is 6. The molecule has 6 atom stereocenters. The molecular weight excluding hydrogens is 2430 g/mol. The van der Waals surface area contributed by atoms with Crippen LogP contribution in [0.2, 0.25) is 0 Å². The first-order valence-electron chi connectivity index (χ1n) is 50.3. The third-order valence-electron chi connectivity index (χ3n) is 29.2. The minimum Gasteiger partial charge on any atom is -0.386 e. The van der Waals surface area contributed by atoms with Gasteiger partial charge in [0.1, 0.15) is 11.6 Å². The first kappa shape index (κ1) is 122. The van der Waals surface area contributed by atoms with Crippen molar-refractivity contribution in [2.45, 2.75) is 119 Å². The second kappa shape index (κ2) is 59.0. The standard InChI is InChI=1S/2C20H22N3S.2C19H21N4S.2C18H20N5S.6Y/c2*1-15-3-6-18(7-4-15)23-11-9-22(10-12-23)16(2)17-5-8-20-19(13-17)21-14-24-20;2*1-14-3-6-19(20-12-14)23-9-7-22(8-10-23)15(2)16-4-5-18-17(11-16)21-13-24-18;2*1-13-10-19-18(20-11-13)23-7-5-22(6-8-23)14(2)15-3-4-17-16(9-15)21-12-24-17;;;;;;/h2*3-8,13,16H,9-12H2,1-2H3;2*3-6,11-12,15H,7-10H2,1-2H3;2*3-4,9-11,14H,5-8H2,1-2H3;;;;;;/q6*-1;;;;;;/t2*16-;2*15-;2*14-;;;;;;/m101010....../s1. The van der Waals surface area contributed by atoms with Crippen LogP contribution in [0.15, 0.2) is 219 Å². The molecule has 6 radical (unpaired) electrons. The topological polar surface area (TPSA) is 194 Å². The Morgan fingerprint density at radius 1 is 0.200 bits per heavy atom. The second-order valence-corrected chi connectivity index (χ2v) is 43.5. The van der Waals surface area contributed by atoms with E-state index in [4.69, 9.17) is 0 Å². The van der Waals surface area contributed by atoms with E-state index in [1.54, 1.807) is 68.0 Å². The van der Waals surface area contributed by atoms with Gasteiger partial charge in [-0.05, 0) is 208 Å². The molecule has 36 heteroatoms. The van der Waals surface area contributed by atoms with Gasteiger partial charge in [0.25, 0.3) is 0 Å². The van der Waals surface area contributed by atoms with E-state index in [1.165, 1.54) is 95.2 Å². The van der Waals surface area contributed by atoms with Crippen LogP contribution >= 0.6 is 68.0 Å². The Morgan fingerprint density at radius 3 is 0.587 bits per heavy atom. The molecule has 6 fully saturated rings. The van der Waals surface area contributed by atoms with Crippen molar-refractivity contribution in [2.75, 3.05) is 186 Å². The van der Waals surface area contributed by atoms with Crippen LogP contribution in [0.3, 0.4) is 0 Å². The van der Waals surface area contributed by atoms with E-state index in [-0.39, 0.29) is 196 Å². The Balaban J connectivity index is 0.000000149. The summed E-state index contributed by atoms with van der Waals surface area (Å²) in [5, 5.41) is 0. The van der Waals surface area contributed by atoms with Gasteiger partial charge in [-0.25, -0.2) is 29.9 Å². The van der Waals surface area contributed by atoms with Gasteiger partial charge in [-0.2, -0.15) is 0 Å². The van der Waals surface area contributed by atoms with Crippen molar-refractivity contribution in [3.63, 3.8) is 0 Å². The molecule has 0 N–H and O–H groups in total. The number of hydrogen-bond donors (Lipinski definition) is 0. The zero-order valence-electron chi connectivity index (χ0n) is 87.9. The number of fused-ring (bicyclic) bond motifs is 6. The maximum absolute atomic E-state index is 4.56. The number of piperazine rings is 6. The molecule has 24 nitrogen and oxygen atoms in total. The third-order valence-corrected chi connectivity index (χ3v) is 33.7. The smallest absolute Gasteiger partial charge is 0.225 e. The summed E-state index contributed by atoms with van der Waals surface area (Å²) in [6.45, 7) is 51.1. The molecule has 150 heavy (non-hydrogen) atoms. The molecule has 6 aliphatic rings. The van der Waals surface area contributed by atoms with Gasteiger partial charge >= 0.3 is 0 Å². The fourth-order valence-electron chi connectivity index (χ4n) is 19.7. The van der Waals surface area contributed by atoms with Crippen molar-refractivity contribution in [1.29, 1.82) is 0 Å². The zero-order valence-corrected chi connectivity index (χ0v) is 110. The molecule has 6 saturated heterocycles. The molecule has 8 aromatic carbocycles. The van der Waals surface area contributed by atoms with Gasteiger partial charge in [-0.3, -0.25) is 97.4 Å². The van der Waals surface area contributed by atoms with Crippen LogP contribution in [0.25, 0.3) is 61.3 Å². The van der Waals surface area contributed by atoms with Crippen molar-refractivity contribution in [3.05, 3.63) is 319 Å². The summed E-state index contributed by atoms with van der Waals surface area (Å²) in [6, 6.07) is 68.3. The molecule has 0 spiro atoms. The molecule has 24 rings (SSSR count). The van der Waals surface area contributed by atoms with E-state index in [0.717, 1.165) is 225 Å². The molecule has 18 aromatic rings. The van der Waals surface area contributed by atoms with Crippen molar-refractivity contribution in [3.8, 4) is 0 Å². The van der Waals surface area contributed by atoms with Gasteiger partial charge in [0, 0.05) is 438 Å². The molecule has 10 aromatic heterocycles. The minimum absolute atomic E-state index is 0. The Kier molecular flexibility index (Phi) is 47.9. The molecule has 0 amide bonds. The number of anilines is 6. The first-order chi connectivity index (χ1) is 70.2. The van der Waals surface area contributed by atoms with E-state index in [2.05, 4.69) is 403 Å². The third kappa shape index (κ3) is 31.7. The number of hydrogen-bond acceptors (Lipinski definition) is 30. The average Bonchev–Trinajstić information content (AvgIpc) is 1.63. The van der Waals surface area contributed by atoms with Crippen LogP contribution in [-0.2, 0) is 196 Å². The molecule has 6 aliphatic heterocycles. The predicted molar refractivity (Wildman–Crippen MR) is 598 cm³/mol. The molecule has 0 aliphatic carbocycles. The number of benzene rings is 8. The minimum atomic E-state index is 0. The molecule has 762 valence electrons. The number of rotatable bonds is 18. The number of pyridine rings is 2. The van der Waals surface area contributed by atoms with Crippen LogP contribution < -0.4 is 29.4 Å². The van der Waals surface area contributed by atoms with Gasteiger partial charge in [-0.1, -0.05) is 153 Å². The van der Waals surface area contributed by atoms with E-state index in [9.17, 15) is 0 Å². The van der Waals surface area contributed by atoms with Crippen molar-refractivity contribution >= 4 is 164 Å². The molecule has 0 saturated carbocycles. The Bertz CT molecular complexity index is 6050. The predicted octanol–water partition coefficient (Wildman–Crippen LogP) is 22.1. The van der Waals surface area contributed by atoms with Crippen LogP contribution in [0.1, 0.15) is 145 Å². The van der Waals surface area contributed by atoms with Crippen LogP contribution in [0.4, 0.5) is 34.9 Å². The quantitative estimate of drug-likeness (QED) is 0.0735. The van der Waals surface area contributed by atoms with Gasteiger partial charge < -0.3 is 59.3 Å². The Morgan fingerprint density at radius 2 is 0.387 bits per heavy atom. The van der Waals surface area contributed by atoms with E-state index < -0.39 is 0 Å². The fourth-order valence-corrected chi connectivity index (χ4v) is 23.3. The van der Waals surface area contributed by atoms with Gasteiger partial charge in [0.05, 0.1) is 0 Å². The van der Waals surface area contributed by atoms with Crippen molar-refractivity contribution < 1.29 is 196 Å². The fraction of sp³-hybridized carbons (Fsp3) is 0.368. The second-order valence-electron chi connectivity index (χ2n) is 38.6. The number of nitrogens with zero attached hydrogens (tertiary/aromatic N) is 24. The van der Waals surface area contributed by atoms with Crippen LogP contribution in [0, 0.1) is 74.6 Å². The van der Waals surface area contributed by atoms with E-state index in [1.807, 2.05) is 51.0 Å². The largest absolute Gasteiger partial charge is 0.386 e.